The van der Waals surface area contributed by atoms with Crippen LogP contribution in [0.4, 0.5) is 11.6 Å². The number of rotatable bonds is 3. The van der Waals surface area contributed by atoms with Gasteiger partial charge in [0, 0.05) is 25.1 Å². The molecular weight excluding hydrogens is 314 g/mol. The Kier molecular flexibility index (Phi) is 4.89. The van der Waals surface area contributed by atoms with E-state index in [9.17, 15) is 4.79 Å². The van der Waals surface area contributed by atoms with E-state index in [1.165, 1.54) is 23.5 Å². The average molecular weight is 341 g/mol. The highest BCUT2D eigenvalue weighted by Crippen LogP contribution is 2.34. The van der Waals surface area contributed by atoms with Crippen LogP contribution in [0.3, 0.4) is 0 Å². The van der Waals surface area contributed by atoms with Crippen LogP contribution in [0.1, 0.15) is 63.0 Å². The molecule has 0 bridgehead atoms. The van der Waals surface area contributed by atoms with Gasteiger partial charge in [0.25, 0.3) is 0 Å². The number of carboxylic acids is 1. The molecule has 0 saturated carbocycles. The Labute approximate surface area is 149 Å². The van der Waals surface area contributed by atoms with Gasteiger partial charge >= 0.3 is 5.97 Å². The van der Waals surface area contributed by atoms with Gasteiger partial charge in [0.1, 0.15) is 0 Å². The van der Waals surface area contributed by atoms with Gasteiger partial charge in [-0.25, -0.2) is 14.8 Å². The maximum Gasteiger partial charge on any atom is 0.338 e. The van der Waals surface area contributed by atoms with E-state index in [2.05, 4.69) is 69.7 Å². The van der Waals surface area contributed by atoms with Crippen LogP contribution in [-0.4, -0.2) is 28.1 Å². The number of carbonyl (C=O) groups is 1. The maximum atomic E-state index is 11.0. The normalized spacial score (nSPS) is 12.1. The van der Waals surface area contributed by atoms with Crippen LogP contribution in [0.15, 0.2) is 30.6 Å². The molecule has 1 heterocycles. The highest BCUT2D eigenvalue weighted by atomic mass is 16.4. The lowest BCUT2D eigenvalue weighted by atomic mass is 9.80. The molecule has 5 nitrogen and oxygen atoms in total. The van der Waals surface area contributed by atoms with Crippen LogP contribution in [0.5, 0.6) is 0 Å². The van der Waals surface area contributed by atoms with Gasteiger partial charge in [0.15, 0.2) is 0 Å². The molecule has 0 aliphatic rings. The van der Waals surface area contributed by atoms with Crippen LogP contribution < -0.4 is 4.90 Å². The summed E-state index contributed by atoms with van der Waals surface area (Å²) in [4.78, 5) is 21.2. The summed E-state index contributed by atoms with van der Waals surface area (Å²) in [6.07, 6.45) is 2.67. The van der Waals surface area contributed by atoms with E-state index in [-0.39, 0.29) is 16.4 Å². The third-order valence-electron chi connectivity index (χ3n) is 4.22. The first kappa shape index (κ1) is 18.9. The predicted molar refractivity (Wildman–Crippen MR) is 101 cm³/mol. The smallest absolute Gasteiger partial charge is 0.338 e. The van der Waals surface area contributed by atoms with E-state index in [0.717, 1.165) is 5.69 Å². The number of nitrogens with zero attached hydrogens (tertiary/aromatic N) is 3. The van der Waals surface area contributed by atoms with Crippen LogP contribution in [0.2, 0.25) is 0 Å². The summed E-state index contributed by atoms with van der Waals surface area (Å²) in [5, 5.41) is 8.99. The van der Waals surface area contributed by atoms with Crippen LogP contribution in [0, 0.1) is 0 Å². The van der Waals surface area contributed by atoms with E-state index in [0.29, 0.717) is 5.95 Å². The molecule has 2 aromatic rings. The number of aromatic carboxylic acids is 1. The van der Waals surface area contributed by atoms with Crippen LogP contribution in [-0.2, 0) is 10.8 Å². The molecule has 1 aromatic carbocycles. The van der Waals surface area contributed by atoms with Gasteiger partial charge in [-0.3, -0.25) is 0 Å². The standard InChI is InChI=1S/C20H27N3O2/c1-19(2,3)14-8-15(20(4,5)6)10-16(9-14)23(7)18-21-11-13(12-22-18)17(24)25/h8-12H,1-7H3,(H,24,25). The van der Waals surface area contributed by atoms with Crippen molar-refractivity contribution in [3.63, 3.8) is 0 Å². The number of hydrogen-bond acceptors (Lipinski definition) is 4. The zero-order valence-electron chi connectivity index (χ0n) is 16.1. The average Bonchev–Trinajstić information content (AvgIpc) is 2.52. The molecule has 0 saturated heterocycles. The van der Waals surface area contributed by atoms with Gasteiger partial charge < -0.3 is 10.0 Å². The number of benzene rings is 1. The molecule has 134 valence electrons. The lowest BCUT2D eigenvalue weighted by Gasteiger charge is -2.28. The Morgan fingerprint density at radius 2 is 1.36 bits per heavy atom. The summed E-state index contributed by atoms with van der Waals surface area (Å²) >= 11 is 0. The molecule has 5 heteroatoms. The monoisotopic (exact) mass is 341 g/mol. The van der Waals surface area contributed by atoms with Crippen molar-refractivity contribution in [3.8, 4) is 0 Å². The van der Waals surface area contributed by atoms with E-state index < -0.39 is 5.97 Å². The SMILES string of the molecule is CN(c1cc(C(C)(C)C)cc(C(C)(C)C)c1)c1ncc(C(=O)O)cn1. The molecule has 0 spiro atoms. The minimum Gasteiger partial charge on any atom is -0.478 e. The summed E-state index contributed by atoms with van der Waals surface area (Å²) < 4.78 is 0. The van der Waals surface area contributed by atoms with Crippen molar-refractivity contribution < 1.29 is 9.90 Å². The fourth-order valence-corrected chi connectivity index (χ4v) is 2.39. The second-order valence-corrected chi connectivity index (χ2v) is 8.40. The lowest BCUT2D eigenvalue weighted by Crippen LogP contribution is -2.20. The molecule has 0 aliphatic heterocycles. The molecule has 2 rings (SSSR count). The molecule has 0 fully saturated rings. The van der Waals surface area contributed by atoms with E-state index in [4.69, 9.17) is 5.11 Å². The molecular formula is C20H27N3O2. The minimum atomic E-state index is -1.03. The Balaban J connectivity index is 2.51. The largest absolute Gasteiger partial charge is 0.478 e. The highest BCUT2D eigenvalue weighted by Gasteiger charge is 2.22. The Bertz CT molecular complexity index is 737. The molecule has 0 aliphatic carbocycles. The van der Waals surface area contributed by atoms with E-state index >= 15 is 0 Å². The van der Waals surface area contributed by atoms with Gasteiger partial charge in [-0.15, -0.1) is 0 Å². The minimum absolute atomic E-state index is 0.0187. The predicted octanol–water partition coefficient (Wildman–Crippen LogP) is 4.54. The van der Waals surface area contributed by atoms with Crippen molar-refractivity contribution in [2.24, 2.45) is 0 Å². The molecule has 1 aromatic heterocycles. The fraction of sp³-hybridized carbons (Fsp3) is 0.450. The third-order valence-corrected chi connectivity index (χ3v) is 4.22. The van der Waals surface area contributed by atoms with Crippen LogP contribution >= 0.6 is 0 Å². The van der Waals surface area contributed by atoms with Gasteiger partial charge in [-0.1, -0.05) is 47.6 Å². The van der Waals surface area contributed by atoms with Gasteiger partial charge in [0.05, 0.1) is 5.56 Å². The quantitative estimate of drug-likeness (QED) is 0.888. The summed E-state index contributed by atoms with van der Waals surface area (Å²) in [7, 11) is 1.89. The molecule has 25 heavy (non-hydrogen) atoms. The summed E-state index contributed by atoms with van der Waals surface area (Å²) in [6.45, 7) is 13.1. The van der Waals surface area contributed by atoms with Gasteiger partial charge in [0.2, 0.25) is 5.95 Å². The number of aromatic nitrogens is 2. The number of hydrogen-bond donors (Lipinski definition) is 1. The van der Waals surface area contributed by atoms with Crippen molar-refractivity contribution >= 4 is 17.6 Å². The van der Waals surface area contributed by atoms with Gasteiger partial charge in [-0.05, 0) is 34.1 Å². The summed E-state index contributed by atoms with van der Waals surface area (Å²) in [5.74, 6) is -0.560. The molecule has 0 radical (unpaired) electrons. The van der Waals surface area contributed by atoms with Crippen molar-refractivity contribution in [3.05, 3.63) is 47.3 Å². The number of anilines is 2. The fourth-order valence-electron chi connectivity index (χ4n) is 2.39. The van der Waals surface area contributed by atoms with Crippen LogP contribution in [0.25, 0.3) is 0 Å². The molecule has 0 unspecified atom stereocenters. The summed E-state index contributed by atoms with van der Waals surface area (Å²) in [5.41, 5.74) is 3.58. The highest BCUT2D eigenvalue weighted by molar-refractivity contribution is 5.86. The van der Waals surface area contributed by atoms with Crippen molar-refractivity contribution in [2.75, 3.05) is 11.9 Å². The molecule has 1 N–H and O–H groups in total. The summed E-state index contributed by atoms with van der Waals surface area (Å²) in [6, 6.07) is 6.54. The first-order valence-electron chi connectivity index (χ1n) is 8.35. The van der Waals surface area contributed by atoms with E-state index in [1.54, 1.807) is 0 Å². The third kappa shape index (κ3) is 4.35. The second-order valence-electron chi connectivity index (χ2n) is 8.40. The topological polar surface area (TPSA) is 66.3 Å². The Morgan fingerprint density at radius 1 is 0.920 bits per heavy atom. The number of carboxylic acid groups (broad SMARTS) is 1. The molecule has 0 atom stereocenters. The zero-order valence-corrected chi connectivity index (χ0v) is 16.1. The maximum absolute atomic E-state index is 11.0. The first-order chi connectivity index (χ1) is 11.4. The lowest BCUT2D eigenvalue weighted by molar-refractivity contribution is 0.0696. The van der Waals surface area contributed by atoms with Gasteiger partial charge in [-0.2, -0.15) is 0 Å². The Hall–Kier alpha value is -2.43. The molecule has 0 amide bonds. The Morgan fingerprint density at radius 3 is 1.72 bits per heavy atom. The van der Waals surface area contributed by atoms with E-state index in [1.807, 2.05) is 11.9 Å². The second kappa shape index (κ2) is 6.47. The van der Waals surface area contributed by atoms with Crippen molar-refractivity contribution in [1.29, 1.82) is 0 Å². The zero-order chi connectivity index (χ0) is 19.0. The van der Waals surface area contributed by atoms with Crippen molar-refractivity contribution in [2.45, 2.75) is 52.4 Å². The van der Waals surface area contributed by atoms with Crippen molar-refractivity contribution in [1.82, 2.24) is 9.97 Å². The first-order valence-corrected chi connectivity index (χ1v) is 8.35.